The van der Waals surface area contributed by atoms with Gasteiger partial charge in [0.2, 0.25) is 0 Å². The minimum atomic E-state index is 0.348. The van der Waals surface area contributed by atoms with Crippen LogP contribution in [0.4, 0.5) is 0 Å². The van der Waals surface area contributed by atoms with Crippen LogP contribution >= 0.6 is 0 Å². The largest absolute Gasteiger partial charge is 0.490 e. The summed E-state index contributed by atoms with van der Waals surface area (Å²) in [4.78, 5) is 0. The Morgan fingerprint density at radius 1 is 1.00 bits per heavy atom. The van der Waals surface area contributed by atoms with Crippen LogP contribution in [0.2, 0.25) is 0 Å². The summed E-state index contributed by atoms with van der Waals surface area (Å²) in [6.07, 6.45) is 3.51. The first-order chi connectivity index (χ1) is 10.3. The van der Waals surface area contributed by atoms with Crippen molar-refractivity contribution in [3.63, 3.8) is 0 Å². The maximum Gasteiger partial charge on any atom is 0.119 e. The molecule has 0 aromatic heterocycles. The average molecular weight is 281 g/mol. The van der Waals surface area contributed by atoms with Crippen molar-refractivity contribution in [1.29, 1.82) is 0 Å². The molecule has 0 spiro atoms. The second-order valence-electron chi connectivity index (χ2n) is 5.93. The zero-order valence-corrected chi connectivity index (χ0v) is 12.6. The molecule has 1 aliphatic rings. The van der Waals surface area contributed by atoms with E-state index in [0.29, 0.717) is 12.1 Å². The molecule has 2 nitrogen and oxygen atoms in total. The smallest absolute Gasteiger partial charge is 0.119 e. The van der Waals surface area contributed by atoms with E-state index in [4.69, 9.17) is 4.74 Å². The zero-order chi connectivity index (χ0) is 14.5. The van der Waals surface area contributed by atoms with Crippen LogP contribution in [0.15, 0.2) is 54.6 Å². The third-order valence-electron chi connectivity index (χ3n) is 4.05. The first-order valence-corrected chi connectivity index (χ1v) is 7.82. The average Bonchev–Trinajstić information content (AvgIpc) is 2.50. The molecule has 2 aromatic rings. The van der Waals surface area contributed by atoms with E-state index in [1.54, 1.807) is 0 Å². The maximum absolute atomic E-state index is 6.09. The van der Waals surface area contributed by atoms with Crippen molar-refractivity contribution in [3.05, 3.63) is 65.7 Å². The molecule has 110 valence electrons. The van der Waals surface area contributed by atoms with E-state index < -0.39 is 0 Å². The Morgan fingerprint density at radius 2 is 1.71 bits per heavy atom. The Balaban J connectivity index is 1.59. The Bertz CT molecular complexity index is 550. The van der Waals surface area contributed by atoms with E-state index in [1.807, 2.05) is 0 Å². The summed E-state index contributed by atoms with van der Waals surface area (Å²) in [5, 5.41) is 3.45. The second kappa shape index (κ2) is 6.77. The lowest BCUT2D eigenvalue weighted by Gasteiger charge is -2.28. The number of benzene rings is 2. The Morgan fingerprint density at radius 3 is 2.43 bits per heavy atom. The first-order valence-electron chi connectivity index (χ1n) is 7.82. The third-order valence-corrected chi connectivity index (χ3v) is 4.05. The van der Waals surface area contributed by atoms with Crippen molar-refractivity contribution in [1.82, 2.24) is 5.32 Å². The van der Waals surface area contributed by atoms with Crippen LogP contribution < -0.4 is 10.1 Å². The van der Waals surface area contributed by atoms with Crippen LogP contribution in [0.25, 0.3) is 0 Å². The van der Waals surface area contributed by atoms with E-state index >= 15 is 0 Å². The standard InChI is InChI=1S/C19H23NO/c1-15-13-19(11-12-20-15)21-18-9-7-17(8-10-18)14-16-5-3-2-4-6-16/h2-10,15,19-20H,11-14H2,1H3. The highest BCUT2D eigenvalue weighted by Gasteiger charge is 2.19. The second-order valence-corrected chi connectivity index (χ2v) is 5.93. The monoisotopic (exact) mass is 281 g/mol. The molecule has 0 bridgehead atoms. The van der Waals surface area contributed by atoms with Gasteiger partial charge in [-0.3, -0.25) is 0 Å². The molecule has 0 amide bonds. The van der Waals surface area contributed by atoms with Gasteiger partial charge in [-0.05, 0) is 56.0 Å². The number of piperidine rings is 1. The van der Waals surface area contributed by atoms with Gasteiger partial charge in [-0.25, -0.2) is 0 Å². The highest BCUT2D eigenvalue weighted by atomic mass is 16.5. The molecule has 0 aliphatic carbocycles. The number of ether oxygens (including phenoxy) is 1. The summed E-state index contributed by atoms with van der Waals surface area (Å²) >= 11 is 0. The molecule has 0 saturated carbocycles. The fourth-order valence-corrected chi connectivity index (χ4v) is 2.90. The fraction of sp³-hybridized carbons (Fsp3) is 0.368. The van der Waals surface area contributed by atoms with Gasteiger partial charge in [-0.2, -0.15) is 0 Å². The highest BCUT2D eigenvalue weighted by Crippen LogP contribution is 2.20. The normalized spacial score (nSPS) is 22.0. The molecule has 2 unspecified atom stereocenters. The van der Waals surface area contributed by atoms with Crippen LogP contribution in [-0.4, -0.2) is 18.7 Å². The molecule has 2 heteroatoms. The van der Waals surface area contributed by atoms with Gasteiger partial charge in [-0.1, -0.05) is 42.5 Å². The van der Waals surface area contributed by atoms with Crippen LogP contribution in [0, 0.1) is 0 Å². The minimum absolute atomic E-state index is 0.348. The van der Waals surface area contributed by atoms with Crippen LogP contribution in [0.1, 0.15) is 30.9 Å². The first kappa shape index (κ1) is 14.2. The predicted molar refractivity (Wildman–Crippen MR) is 86.8 cm³/mol. The molecule has 1 aliphatic heterocycles. The number of nitrogens with one attached hydrogen (secondary N) is 1. The summed E-state index contributed by atoms with van der Waals surface area (Å²) in [5.74, 6) is 0.992. The summed E-state index contributed by atoms with van der Waals surface area (Å²) in [6, 6.07) is 19.7. The lowest BCUT2D eigenvalue weighted by Crippen LogP contribution is -2.40. The number of hydrogen-bond donors (Lipinski definition) is 1. The predicted octanol–water partition coefficient (Wildman–Crippen LogP) is 3.80. The van der Waals surface area contributed by atoms with Gasteiger partial charge in [0, 0.05) is 6.04 Å². The van der Waals surface area contributed by atoms with E-state index in [2.05, 4.69) is 66.8 Å². The quantitative estimate of drug-likeness (QED) is 0.920. The lowest BCUT2D eigenvalue weighted by atomic mass is 10.0. The number of hydrogen-bond acceptors (Lipinski definition) is 2. The fourth-order valence-electron chi connectivity index (χ4n) is 2.90. The summed E-state index contributed by atoms with van der Waals surface area (Å²) in [6.45, 7) is 3.27. The van der Waals surface area contributed by atoms with Gasteiger partial charge in [0.1, 0.15) is 11.9 Å². The Labute approximate surface area is 127 Å². The number of rotatable bonds is 4. The van der Waals surface area contributed by atoms with Crippen LogP contribution in [-0.2, 0) is 6.42 Å². The molecular formula is C19H23NO. The molecular weight excluding hydrogens is 258 g/mol. The summed E-state index contributed by atoms with van der Waals surface area (Å²) in [7, 11) is 0. The molecule has 1 saturated heterocycles. The van der Waals surface area contributed by atoms with Crippen molar-refractivity contribution in [2.24, 2.45) is 0 Å². The van der Waals surface area contributed by atoms with Crippen LogP contribution in [0.3, 0.4) is 0 Å². The summed E-state index contributed by atoms with van der Waals surface area (Å²) in [5.41, 5.74) is 2.67. The van der Waals surface area contributed by atoms with E-state index in [9.17, 15) is 0 Å². The van der Waals surface area contributed by atoms with Gasteiger partial charge >= 0.3 is 0 Å². The minimum Gasteiger partial charge on any atom is -0.490 e. The molecule has 0 radical (unpaired) electrons. The molecule has 21 heavy (non-hydrogen) atoms. The van der Waals surface area contributed by atoms with E-state index in [-0.39, 0.29) is 0 Å². The van der Waals surface area contributed by atoms with Crippen molar-refractivity contribution in [2.45, 2.75) is 38.3 Å². The SMILES string of the molecule is CC1CC(Oc2ccc(Cc3ccccc3)cc2)CCN1. The van der Waals surface area contributed by atoms with Gasteiger partial charge in [0.05, 0.1) is 0 Å². The van der Waals surface area contributed by atoms with Crippen LogP contribution in [0.5, 0.6) is 5.75 Å². The molecule has 1 heterocycles. The molecule has 1 fully saturated rings. The van der Waals surface area contributed by atoms with Crippen molar-refractivity contribution >= 4 is 0 Å². The highest BCUT2D eigenvalue weighted by molar-refractivity contribution is 5.31. The van der Waals surface area contributed by atoms with Gasteiger partial charge in [0.25, 0.3) is 0 Å². The molecule has 2 aromatic carbocycles. The summed E-state index contributed by atoms with van der Waals surface area (Å²) < 4.78 is 6.09. The van der Waals surface area contributed by atoms with E-state index in [1.165, 1.54) is 11.1 Å². The van der Waals surface area contributed by atoms with Crippen molar-refractivity contribution in [2.75, 3.05) is 6.54 Å². The molecule has 2 atom stereocenters. The van der Waals surface area contributed by atoms with Crippen molar-refractivity contribution < 1.29 is 4.74 Å². The Hall–Kier alpha value is -1.80. The van der Waals surface area contributed by atoms with Gasteiger partial charge in [0.15, 0.2) is 0 Å². The maximum atomic E-state index is 6.09. The molecule has 1 N–H and O–H groups in total. The lowest BCUT2D eigenvalue weighted by molar-refractivity contribution is 0.144. The van der Waals surface area contributed by atoms with Gasteiger partial charge in [-0.15, -0.1) is 0 Å². The van der Waals surface area contributed by atoms with E-state index in [0.717, 1.165) is 31.6 Å². The third kappa shape index (κ3) is 4.08. The van der Waals surface area contributed by atoms with Gasteiger partial charge < -0.3 is 10.1 Å². The Kier molecular flexibility index (Phi) is 4.56. The zero-order valence-electron chi connectivity index (χ0n) is 12.6. The molecule has 3 rings (SSSR count). The van der Waals surface area contributed by atoms with Crippen molar-refractivity contribution in [3.8, 4) is 5.75 Å². The topological polar surface area (TPSA) is 21.3 Å².